The first kappa shape index (κ1) is 18.3. The molecule has 26 heavy (non-hydrogen) atoms. The van der Waals surface area contributed by atoms with E-state index in [1.807, 2.05) is 50.2 Å². The van der Waals surface area contributed by atoms with Crippen molar-refractivity contribution in [2.24, 2.45) is 0 Å². The third kappa shape index (κ3) is 4.19. The maximum absolute atomic E-state index is 12.3. The van der Waals surface area contributed by atoms with Crippen molar-refractivity contribution >= 4 is 32.7 Å². The summed E-state index contributed by atoms with van der Waals surface area (Å²) in [4.78, 5) is 21.6. The van der Waals surface area contributed by atoms with Crippen LogP contribution in [-0.4, -0.2) is 29.0 Å². The second-order valence-corrected chi connectivity index (χ2v) is 7.21. The minimum Gasteiger partial charge on any atom is -0.481 e. The number of amides is 1. The van der Waals surface area contributed by atoms with Crippen LogP contribution >= 0.6 is 15.9 Å². The third-order valence-corrected chi connectivity index (χ3v) is 4.32. The summed E-state index contributed by atoms with van der Waals surface area (Å²) < 4.78 is 6.20. The lowest BCUT2D eigenvalue weighted by Gasteiger charge is -2.13. The zero-order chi connectivity index (χ0) is 18.7. The second kappa shape index (κ2) is 7.83. The molecule has 1 aromatic carbocycles. The SMILES string of the molecule is COc1cccc(-c2nc3ccc(Br)cc3cc2CC(=O)NC(C)C)n1. The number of carbonyl (C=O) groups excluding carboxylic acids is 1. The lowest BCUT2D eigenvalue weighted by atomic mass is 10.0. The first-order valence-corrected chi connectivity index (χ1v) is 9.15. The molecule has 2 aromatic heterocycles. The molecule has 0 saturated carbocycles. The summed E-state index contributed by atoms with van der Waals surface area (Å²) in [5.41, 5.74) is 3.05. The maximum atomic E-state index is 12.3. The normalized spacial score (nSPS) is 11.0. The van der Waals surface area contributed by atoms with Crippen molar-refractivity contribution in [2.75, 3.05) is 7.11 Å². The van der Waals surface area contributed by atoms with Crippen LogP contribution in [0.5, 0.6) is 5.88 Å². The molecule has 1 amide bonds. The highest BCUT2D eigenvalue weighted by Crippen LogP contribution is 2.28. The molecule has 1 N–H and O–H groups in total. The van der Waals surface area contributed by atoms with Crippen molar-refractivity contribution in [3.63, 3.8) is 0 Å². The van der Waals surface area contributed by atoms with Gasteiger partial charge in [0.2, 0.25) is 11.8 Å². The van der Waals surface area contributed by atoms with Crippen LogP contribution in [0.25, 0.3) is 22.3 Å². The molecule has 0 aliphatic carbocycles. The predicted molar refractivity (Wildman–Crippen MR) is 106 cm³/mol. The summed E-state index contributed by atoms with van der Waals surface area (Å²) in [6.45, 7) is 3.89. The van der Waals surface area contributed by atoms with Crippen molar-refractivity contribution < 1.29 is 9.53 Å². The number of nitrogens with zero attached hydrogens (tertiary/aromatic N) is 2. The first-order valence-electron chi connectivity index (χ1n) is 8.36. The van der Waals surface area contributed by atoms with Gasteiger partial charge in [-0.05, 0) is 49.7 Å². The van der Waals surface area contributed by atoms with E-state index in [4.69, 9.17) is 9.72 Å². The number of benzene rings is 1. The van der Waals surface area contributed by atoms with E-state index in [-0.39, 0.29) is 18.4 Å². The molecule has 2 heterocycles. The van der Waals surface area contributed by atoms with Gasteiger partial charge in [0.25, 0.3) is 0 Å². The van der Waals surface area contributed by atoms with E-state index < -0.39 is 0 Å². The van der Waals surface area contributed by atoms with Gasteiger partial charge in [-0.15, -0.1) is 0 Å². The Morgan fingerprint density at radius 1 is 1.19 bits per heavy atom. The Bertz CT molecular complexity index is 957. The largest absolute Gasteiger partial charge is 0.481 e. The summed E-state index contributed by atoms with van der Waals surface area (Å²) in [6.07, 6.45) is 0.238. The van der Waals surface area contributed by atoms with Gasteiger partial charge in [0.1, 0.15) is 0 Å². The second-order valence-electron chi connectivity index (χ2n) is 6.30. The quantitative estimate of drug-likeness (QED) is 0.682. The lowest BCUT2D eigenvalue weighted by Crippen LogP contribution is -2.31. The van der Waals surface area contributed by atoms with E-state index in [1.165, 1.54) is 0 Å². The van der Waals surface area contributed by atoms with Crippen LogP contribution in [0.2, 0.25) is 0 Å². The zero-order valence-corrected chi connectivity index (χ0v) is 16.5. The fourth-order valence-corrected chi connectivity index (χ4v) is 3.13. The van der Waals surface area contributed by atoms with E-state index >= 15 is 0 Å². The van der Waals surface area contributed by atoms with E-state index in [2.05, 4.69) is 26.2 Å². The van der Waals surface area contributed by atoms with E-state index in [0.717, 1.165) is 20.9 Å². The molecule has 0 unspecified atom stereocenters. The topological polar surface area (TPSA) is 64.1 Å². The molecule has 0 atom stereocenters. The Morgan fingerprint density at radius 3 is 2.73 bits per heavy atom. The number of carbonyl (C=O) groups is 1. The molecule has 6 heteroatoms. The molecule has 134 valence electrons. The van der Waals surface area contributed by atoms with Gasteiger partial charge in [0, 0.05) is 22.0 Å². The van der Waals surface area contributed by atoms with Crippen molar-refractivity contribution in [1.82, 2.24) is 15.3 Å². The highest BCUT2D eigenvalue weighted by Gasteiger charge is 2.15. The summed E-state index contributed by atoms with van der Waals surface area (Å²) in [5, 5.41) is 3.90. The van der Waals surface area contributed by atoms with Gasteiger partial charge in [-0.3, -0.25) is 4.79 Å². The number of ether oxygens (including phenoxy) is 1. The van der Waals surface area contributed by atoms with Gasteiger partial charge >= 0.3 is 0 Å². The molecule has 0 spiro atoms. The number of rotatable bonds is 5. The van der Waals surface area contributed by atoms with Gasteiger partial charge in [0.05, 0.1) is 30.4 Å². The minimum atomic E-state index is -0.0414. The van der Waals surface area contributed by atoms with E-state index in [9.17, 15) is 4.79 Å². The Balaban J connectivity index is 2.12. The van der Waals surface area contributed by atoms with E-state index in [0.29, 0.717) is 17.3 Å². The van der Waals surface area contributed by atoms with Crippen LogP contribution in [-0.2, 0) is 11.2 Å². The Hall–Kier alpha value is -2.47. The number of aromatic nitrogens is 2. The molecule has 0 aliphatic heterocycles. The van der Waals surface area contributed by atoms with Gasteiger partial charge in [0.15, 0.2) is 0 Å². The van der Waals surface area contributed by atoms with Crippen LogP contribution < -0.4 is 10.1 Å². The maximum Gasteiger partial charge on any atom is 0.224 e. The molecule has 0 saturated heterocycles. The van der Waals surface area contributed by atoms with Crippen molar-refractivity contribution in [3.8, 4) is 17.3 Å². The Morgan fingerprint density at radius 2 is 2.00 bits per heavy atom. The smallest absolute Gasteiger partial charge is 0.224 e. The predicted octanol–water partition coefficient (Wildman–Crippen LogP) is 4.14. The summed E-state index contributed by atoms with van der Waals surface area (Å²) in [5.74, 6) is 0.470. The van der Waals surface area contributed by atoms with Crippen LogP contribution in [0.1, 0.15) is 19.4 Å². The Kier molecular flexibility index (Phi) is 5.52. The number of hydrogen-bond acceptors (Lipinski definition) is 4. The molecular weight excluding hydrogens is 394 g/mol. The van der Waals surface area contributed by atoms with Crippen molar-refractivity contribution in [3.05, 3.63) is 52.5 Å². The number of halogens is 1. The van der Waals surface area contributed by atoms with Crippen LogP contribution in [0, 0.1) is 0 Å². The average molecular weight is 414 g/mol. The molecule has 0 radical (unpaired) electrons. The summed E-state index contributed by atoms with van der Waals surface area (Å²) in [6, 6.07) is 13.5. The minimum absolute atomic E-state index is 0.0414. The van der Waals surface area contributed by atoms with Gasteiger partial charge < -0.3 is 10.1 Å². The highest BCUT2D eigenvalue weighted by atomic mass is 79.9. The van der Waals surface area contributed by atoms with E-state index in [1.54, 1.807) is 13.2 Å². The monoisotopic (exact) mass is 413 g/mol. The Labute approximate surface area is 160 Å². The summed E-state index contributed by atoms with van der Waals surface area (Å²) in [7, 11) is 1.58. The third-order valence-electron chi connectivity index (χ3n) is 3.83. The van der Waals surface area contributed by atoms with Crippen molar-refractivity contribution in [1.29, 1.82) is 0 Å². The van der Waals surface area contributed by atoms with Gasteiger partial charge in [-0.2, -0.15) is 0 Å². The number of pyridine rings is 2. The van der Waals surface area contributed by atoms with Crippen LogP contribution in [0.3, 0.4) is 0 Å². The number of methoxy groups -OCH3 is 1. The molecular formula is C20H20BrN3O2. The molecule has 3 rings (SSSR count). The molecule has 0 fully saturated rings. The van der Waals surface area contributed by atoms with Gasteiger partial charge in [-0.1, -0.05) is 22.0 Å². The summed E-state index contributed by atoms with van der Waals surface area (Å²) >= 11 is 3.49. The molecule has 5 nitrogen and oxygen atoms in total. The number of hydrogen-bond donors (Lipinski definition) is 1. The van der Waals surface area contributed by atoms with Crippen molar-refractivity contribution in [2.45, 2.75) is 26.3 Å². The highest BCUT2D eigenvalue weighted by molar-refractivity contribution is 9.10. The standard InChI is InChI=1S/C20H20BrN3O2/c1-12(2)22-18(25)11-14-9-13-10-15(21)7-8-16(13)24-20(14)17-5-4-6-19(23-17)26-3/h4-10,12H,11H2,1-3H3,(H,22,25). The average Bonchev–Trinajstić information content (AvgIpc) is 2.60. The van der Waals surface area contributed by atoms with Gasteiger partial charge in [-0.25, -0.2) is 9.97 Å². The molecule has 0 aliphatic rings. The molecule has 0 bridgehead atoms. The van der Waals surface area contributed by atoms with Crippen LogP contribution in [0.4, 0.5) is 0 Å². The number of fused-ring (bicyclic) bond motifs is 1. The lowest BCUT2D eigenvalue weighted by molar-refractivity contribution is -0.120. The number of nitrogens with one attached hydrogen (secondary N) is 1. The first-order chi connectivity index (χ1) is 12.5. The molecule has 3 aromatic rings. The fraction of sp³-hybridized carbons (Fsp3) is 0.250. The zero-order valence-electron chi connectivity index (χ0n) is 14.9. The van der Waals surface area contributed by atoms with Crippen LogP contribution in [0.15, 0.2) is 46.9 Å². The fourth-order valence-electron chi connectivity index (χ4n) is 2.75.